The summed E-state index contributed by atoms with van der Waals surface area (Å²) in [6, 6.07) is 0. The molecule has 0 aromatic heterocycles. The number of hydrogen-bond donors (Lipinski definition) is 0. The van der Waals surface area contributed by atoms with Crippen LogP contribution in [-0.2, 0) is 0 Å². The number of rotatable bonds is 4. The molecule has 1 aliphatic heterocycles. The molecule has 1 aliphatic rings. The molecule has 0 unspecified atom stereocenters. The Kier molecular flexibility index (Phi) is 2.68. The first kappa shape index (κ1) is 8.30. The van der Waals surface area contributed by atoms with Gasteiger partial charge in [-0.3, -0.25) is 0 Å². The van der Waals surface area contributed by atoms with Gasteiger partial charge < -0.3 is 0 Å². The molecule has 0 aliphatic carbocycles. The second-order valence-corrected chi connectivity index (χ2v) is 3.05. The van der Waals surface area contributed by atoms with Crippen LogP contribution in [0, 0.1) is 0 Å². The lowest BCUT2D eigenvalue weighted by molar-refractivity contribution is 0.426. The van der Waals surface area contributed by atoms with E-state index in [4.69, 9.17) is 0 Å². The van der Waals surface area contributed by atoms with Crippen LogP contribution in [0.5, 0.6) is 0 Å². The van der Waals surface area contributed by atoms with Crippen LogP contribution in [0.15, 0.2) is 20.7 Å². The van der Waals surface area contributed by atoms with Crippen molar-refractivity contribution in [3.8, 4) is 0 Å². The van der Waals surface area contributed by atoms with Crippen molar-refractivity contribution in [2.75, 3.05) is 0 Å². The van der Waals surface area contributed by atoms with Crippen molar-refractivity contribution in [2.24, 2.45) is 20.7 Å². The normalized spacial score (nSPS) is 19.5. The molecule has 0 saturated carbocycles. The molecule has 0 radical (unpaired) electrons. The number of unbranched alkanes of at least 4 members (excludes halogenated alkanes) is 2. The third-order valence-corrected chi connectivity index (χ3v) is 1.81. The van der Waals surface area contributed by atoms with Crippen molar-refractivity contribution in [1.82, 2.24) is 0 Å². The molecular formula is C7H14N4. The van der Waals surface area contributed by atoms with Gasteiger partial charge in [-0.15, -0.1) is 10.2 Å². The van der Waals surface area contributed by atoms with E-state index in [1.807, 2.05) is 6.92 Å². The van der Waals surface area contributed by atoms with Crippen LogP contribution in [0.4, 0.5) is 0 Å². The summed E-state index contributed by atoms with van der Waals surface area (Å²) in [6.45, 7) is 4.14. The third-order valence-electron chi connectivity index (χ3n) is 1.81. The standard InChI is InChI=1S/C7H14N4/c1-3-4-5-6-7(2)8-10-11-9-7/h3-6H2,1-2H3. The molecule has 0 bridgehead atoms. The first-order valence-electron chi connectivity index (χ1n) is 4.11. The minimum Gasteiger partial charge on any atom is -0.135 e. The van der Waals surface area contributed by atoms with Crippen LogP contribution in [0.2, 0.25) is 0 Å². The minimum absolute atomic E-state index is 0.338. The molecular weight excluding hydrogens is 140 g/mol. The van der Waals surface area contributed by atoms with Gasteiger partial charge in [0.05, 0.1) is 0 Å². The molecule has 0 amide bonds. The summed E-state index contributed by atoms with van der Waals surface area (Å²) in [5.74, 6) is 0. The average Bonchev–Trinajstić information content (AvgIpc) is 2.38. The zero-order valence-electron chi connectivity index (χ0n) is 7.12. The maximum absolute atomic E-state index is 3.93. The molecule has 62 valence electrons. The van der Waals surface area contributed by atoms with Gasteiger partial charge in [0.2, 0.25) is 0 Å². The lowest BCUT2D eigenvalue weighted by Gasteiger charge is -2.11. The fourth-order valence-corrected chi connectivity index (χ4v) is 1.06. The van der Waals surface area contributed by atoms with E-state index in [1.165, 1.54) is 12.8 Å². The average molecular weight is 154 g/mol. The van der Waals surface area contributed by atoms with Crippen molar-refractivity contribution in [2.45, 2.75) is 45.2 Å². The highest BCUT2D eigenvalue weighted by atomic mass is 15.6. The van der Waals surface area contributed by atoms with Crippen molar-refractivity contribution in [3.05, 3.63) is 0 Å². The molecule has 4 nitrogen and oxygen atoms in total. The predicted octanol–water partition coefficient (Wildman–Crippen LogP) is 3.12. The van der Waals surface area contributed by atoms with Crippen LogP contribution in [-0.4, -0.2) is 5.66 Å². The van der Waals surface area contributed by atoms with Crippen LogP contribution >= 0.6 is 0 Å². The molecule has 4 heteroatoms. The summed E-state index contributed by atoms with van der Waals surface area (Å²) in [5, 5.41) is 14.9. The molecule has 1 heterocycles. The molecule has 0 aromatic carbocycles. The Morgan fingerprint density at radius 2 is 1.73 bits per heavy atom. The van der Waals surface area contributed by atoms with Crippen molar-refractivity contribution in [3.63, 3.8) is 0 Å². The summed E-state index contributed by atoms with van der Waals surface area (Å²) in [7, 11) is 0. The first-order valence-corrected chi connectivity index (χ1v) is 4.11. The van der Waals surface area contributed by atoms with E-state index in [1.54, 1.807) is 0 Å². The second kappa shape index (κ2) is 3.55. The quantitative estimate of drug-likeness (QED) is 0.558. The highest BCUT2D eigenvalue weighted by molar-refractivity contribution is 4.78. The SMILES string of the molecule is CCCCCC1(C)N=NN=N1. The van der Waals surface area contributed by atoms with E-state index in [0.717, 1.165) is 12.8 Å². The van der Waals surface area contributed by atoms with Crippen molar-refractivity contribution >= 4 is 0 Å². The topological polar surface area (TPSA) is 49.4 Å². The Morgan fingerprint density at radius 3 is 2.27 bits per heavy atom. The van der Waals surface area contributed by atoms with Gasteiger partial charge in [0.1, 0.15) is 0 Å². The Labute approximate surface area is 66.8 Å². The highest BCUT2D eigenvalue weighted by Gasteiger charge is 2.25. The van der Waals surface area contributed by atoms with Gasteiger partial charge >= 0.3 is 0 Å². The molecule has 0 spiro atoms. The molecule has 0 aromatic rings. The summed E-state index contributed by atoms with van der Waals surface area (Å²) in [5.41, 5.74) is -0.338. The Hall–Kier alpha value is -0.800. The smallest absolute Gasteiger partial charge is 0.135 e. The van der Waals surface area contributed by atoms with Gasteiger partial charge in [-0.2, -0.15) is 0 Å². The molecule has 0 atom stereocenters. The zero-order chi connectivity index (χ0) is 8.16. The Bertz CT molecular complexity index is 161. The second-order valence-electron chi connectivity index (χ2n) is 3.05. The van der Waals surface area contributed by atoms with Gasteiger partial charge in [-0.05, 0) is 30.2 Å². The van der Waals surface area contributed by atoms with E-state index < -0.39 is 0 Å². The Balaban J connectivity index is 2.25. The van der Waals surface area contributed by atoms with Crippen molar-refractivity contribution < 1.29 is 0 Å². The van der Waals surface area contributed by atoms with E-state index in [9.17, 15) is 0 Å². The van der Waals surface area contributed by atoms with E-state index >= 15 is 0 Å². The largest absolute Gasteiger partial charge is 0.192 e. The number of hydrogen-bond acceptors (Lipinski definition) is 4. The zero-order valence-corrected chi connectivity index (χ0v) is 7.12. The maximum atomic E-state index is 3.93. The van der Waals surface area contributed by atoms with E-state index in [0.29, 0.717) is 0 Å². The summed E-state index contributed by atoms with van der Waals surface area (Å²) in [4.78, 5) is 0. The molecule has 0 N–H and O–H groups in total. The summed E-state index contributed by atoms with van der Waals surface area (Å²) in [6.07, 6.45) is 4.59. The lowest BCUT2D eigenvalue weighted by Crippen LogP contribution is -2.14. The molecule has 1 rings (SSSR count). The van der Waals surface area contributed by atoms with Crippen LogP contribution in [0.1, 0.15) is 39.5 Å². The van der Waals surface area contributed by atoms with Gasteiger partial charge in [0.25, 0.3) is 0 Å². The molecule has 11 heavy (non-hydrogen) atoms. The minimum atomic E-state index is -0.338. The van der Waals surface area contributed by atoms with Crippen LogP contribution in [0.25, 0.3) is 0 Å². The van der Waals surface area contributed by atoms with Gasteiger partial charge in [-0.1, -0.05) is 19.8 Å². The fourth-order valence-electron chi connectivity index (χ4n) is 1.06. The molecule has 0 fully saturated rings. The van der Waals surface area contributed by atoms with E-state index in [-0.39, 0.29) is 5.66 Å². The van der Waals surface area contributed by atoms with E-state index in [2.05, 4.69) is 27.6 Å². The highest BCUT2D eigenvalue weighted by Crippen LogP contribution is 2.25. The Morgan fingerprint density at radius 1 is 1.09 bits per heavy atom. The van der Waals surface area contributed by atoms with Gasteiger partial charge in [-0.25, -0.2) is 0 Å². The fraction of sp³-hybridized carbons (Fsp3) is 1.00. The third kappa shape index (κ3) is 2.37. The first-order chi connectivity index (χ1) is 5.27. The van der Waals surface area contributed by atoms with Gasteiger partial charge in [0.15, 0.2) is 5.66 Å². The predicted molar refractivity (Wildman–Crippen MR) is 42.3 cm³/mol. The van der Waals surface area contributed by atoms with Crippen LogP contribution < -0.4 is 0 Å². The van der Waals surface area contributed by atoms with Crippen LogP contribution in [0.3, 0.4) is 0 Å². The summed E-state index contributed by atoms with van der Waals surface area (Å²) < 4.78 is 0. The van der Waals surface area contributed by atoms with Gasteiger partial charge in [0, 0.05) is 0 Å². The van der Waals surface area contributed by atoms with Crippen molar-refractivity contribution in [1.29, 1.82) is 0 Å². The maximum Gasteiger partial charge on any atom is 0.192 e. The monoisotopic (exact) mass is 154 g/mol. The summed E-state index contributed by atoms with van der Waals surface area (Å²) >= 11 is 0. The number of nitrogens with zero attached hydrogens (tertiary/aromatic N) is 4. The molecule has 0 saturated heterocycles. The lowest BCUT2D eigenvalue weighted by atomic mass is 10.1.